The summed E-state index contributed by atoms with van der Waals surface area (Å²) in [7, 11) is 0. The molecule has 0 saturated heterocycles. The van der Waals surface area contributed by atoms with Crippen molar-refractivity contribution >= 4 is 24.1 Å². The van der Waals surface area contributed by atoms with E-state index in [4.69, 9.17) is 12.2 Å². The van der Waals surface area contributed by atoms with E-state index in [0.29, 0.717) is 22.7 Å². The summed E-state index contributed by atoms with van der Waals surface area (Å²) >= 11 is 5.26. The van der Waals surface area contributed by atoms with Crippen molar-refractivity contribution in [2.45, 2.75) is 13.8 Å². The number of hydrogen-bond donors (Lipinski definition) is 2. The smallest absolute Gasteiger partial charge is 0.216 e. The molecule has 2 N–H and O–H groups in total. The molecule has 0 saturated carbocycles. The van der Waals surface area contributed by atoms with E-state index in [1.54, 1.807) is 18.3 Å². The Kier molecular flexibility index (Phi) is 6.33. The van der Waals surface area contributed by atoms with Crippen molar-refractivity contribution in [3.8, 4) is 11.4 Å². The summed E-state index contributed by atoms with van der Waals surface area (Å²) in [5, 5.41) is 20.5. The Labute approximate surface area is 168 Å². The van der Waals surface area contributed by atoms with Crippen molar-refractivity contribution in [1.29, 1.82) is 0 Å². The molecule has 2 aromatic carbocycles. The minimum atomic E-state index is -0.350. The highest BCUT2D eigenvalue weighted by Crippen LogP contribution is 2.20. The summed E-state index contributed by atoms with van der Waals surface area (Å²) in [6, 6.07) is 12.2. The number of aromatic nitrogens is 3. The van der Waals surface area contributed by atoms with Gasteiger partial charge in [0.25, 0.3) is 0 Å². The zero-order valence-electron chi connectivity index (χ0n) is 15.8. The zero-order valence-corrected chi connectivity index (χ0v) is 16.6. The number of aromatic amines is 1. The van der Waals surface area contributed by atoms with Crippen LogP contribution in [0.25, 0.3) is 11.4 Å². The summed E-state index contributed by atoms with van der Waals surface area (Å²) < 4.78 is 15.3. The molecule has 3 aromatic rings. The van der Waals surface area contributed by atoms with Crippen molar-refractivity contribution in [3.05, 3.63) is 64.2 Å². The molecular weight excluding hydrogens is 377 g/mol. The number of likely N-dealkylation sites (N-methyl/N-ethyl adjacent to an activating group) is 1. The van der Waals surface area contributed by atoms with Crippen molar-refractivity contribution in [2.24, 2.45) is 5.10 Å². The van der Waals surface area contributed by atoms with Crippen LogP contribution >= 0.6 is 12.2 Å². The fraction of sp³-hybridized carbons (Fsp3) is 0.250. The van der Waals surface area contributed by atoms with Crippen molar-refractivity contribution < 1.29 is 9.50 Å². The van der Waals surface area contributed by atoms with Crippen LogP contribution in [0.3, 0.4) is 0 Å². The van der Waals surface area contributed by atoms with E-state index in [1.807, 2.05) is 19.1 Å². The molecular formula is C20H22FN5OS. The van der Waals surface area contributed by atoms with Crippen LogP contribution in [0.15, 0.2) is 47.6 Å². The van der Waals surface area contributed by atoms with Gasteiger partial charge in [-0.2, -0.15) is 14.9 Å². The lowest BCUT2D eigenvalue weighted by Crippen LogP contribution is -2.26. The number of H-pyrrole nitrogens is 1. The molecule has 0 aliphatic carbocycles. The van der Waals surface area contributed by atoms with E-state index in [0.717, 1.165) is 23.4 Å². The van der Waals surface area contributed by atoms with Crippen LogP contribution in [0.2, 0.25) is 0 Å². The molecule has 0 aliphatic rings. The van der Waals surface area contributed by atoms with Gasteiger partial charge >= 0.3 is 0 Å². The largest absolute Gasteiger partial charge is 0.395 e. The molecule has 8 heteroatoms. The molecule has 0 unspecified atom stereocenters. The summed E-state index contributed by atoms with van der Waals surface area (Å²) in [5.41, 5.74) is 3.60. The normalized spacial score (nSPS) is 11.3. The third-order valence-corrected chi connectivity index (χ3v) is 4.68. The molecule has 0 atom stereocenters. The van der Waals surface area contributed by atoms with Crippen LogP contribution in [0, 0.1) is 17.5 Å². The van der Waals surface area contributed by atoms with Crippen LogP contribution in [-0.2, 0) is 0 Å². The first-order chi connectivity index (χ1) is 13.5. The Morgan fingerprint density at radius 2 is 2.14 bits per heavy atom. The molecule has 0 amide bonds. The number of anilines is 1. The fourth-order valence-electron chi connectivity index (χ4n) is 2.93. The third kappa shape index (κ3) is 4.35. The number of nitrogens with zero attached hydrogens (tertiary/aromatic N) is 4. The van der Waals surface area contributed by atoms with E-state index < -0.39 is 0 Å². The Hall–Kier alpha value is -2.84. The number of halogens is 1. The topological polar surface area (TPSA) is 69.4 Å². The molecule has 146 valence electrons. The molecule has 1 aromatic heterocycles. The highest BCUT2D eigenvalue weighted by atomic mass is 32.1. The highest BCUT2D eigenvalue weighted by Gasteiger charge is 2.09. The van der Waals surface area contributed by atoms with Gasteiger partial charge in [0.2, 0.25) is 4.77 Å². The van der Waals surface area contributed by atoms with Gasteiger partial charge in [0, 0.05) is 24.3 Å². The number of benzene rings is 2. The SMILES string of the molecule is CCN(CCO)c1ccc(/C=N\n2c(-c3cccc(F)c3)n[nH]c2=S)c(C)c1. The van der Waals surface area contributed by atoms with Gasteiger partial charge < -0.3 is 10.0 Å². The van der Waals surface area contributed by atoms with Gasteiger partial charge in [-0.05, 0) is 61.5 Å². The predicted molar refractivity (Wildman–Crippen MR) is 112 cm³/mol. The van der Waals surface area contributed by atoms with Crippen LogP contribution in [0.1, 0.15) is 18.1 Å². The molecule has 6 nitrogen and oxygen atoms in total. The van der Waals surface area contributed by atoms with Gasteiger partial charge in [0.1, 0.15) is 5.82 Å². The summed E-state index contributed by atoms with van der Waals surface area (Å²) in [6.07, 6.45) is 1.70. The Bertz CT molecular complexity index is 1040. The first kappa shape index (κ1) is 19.9. The Balaban J connectivity index is 1.91. The van der Waals surface area contributed by atoms with Gasteiger partial charge in [-0.1, -0.05) is 18.2 Å². The summed E-state index contributed by atoms with van der Waals surface area (Å²) in [6.45, 7) is 5.56. The number of aliphatic hydroxyl groups excluding tert-OH is 1. The van der Waals surface area contributed by atoms with Gasteiger partial charge in [-0.15, -0.1) is 0 Å². The minimum Gasteiger partial charge on any atom is -0.395 e. The number of nitrogens with one attached hydrogen (secondary N) is 1. The first-order valence-electron chi connectivity index (χ1n) is 8.97. The lowest BCUT2D eigenvalue weighted by atomic mass is 10.1. The van der Waals surface area contributed by atoms with E-state index in [2.05, 4.69) is 33.2 Å². The standard InChI is InChI=1S/C20H22FN5OS/c1-3-25(9-10-27)18-8-7-16(14(2)11-18)13-22-26-19(23-24-20(26)28)15-5-4-6-17(21)12-15/h4-8,11-13,27H,3,9-10H2,1-2H3,(H,24,28)/b22-13-. The fourth-order valence-corrected chi connectivity index (χ4v) is 3.10. The number of rotatable bonds is 7. The monoisotopic (exact) mass is 399 g/mol. The quantitative estimate of drug-likeness (QED) is 0.469. The molecule has 0 spiro atoms. The van der Waals surface area contributed by atoms with E-state index in [9.17, 15) is 9.50 Å². The maximum Gasteiger partial charge on any atom is 0.216 e. The number of aliphatic hydroxyl groups is 1. The van der Waals surface area contributed by atoms with Gasteiger partial charge in [-0.3, -0.25) is 0 Å². The molecule has 0 bridgehead atoms. The summed E-state index contributed by atoms with van der Waals surface area (Å²) in [5.74, 6) is 0.0897. The van der Waals surface area contributed by atoms with E-state index in [1.165, 1.54) is 16.8 Å². The van der Waals surface area contributed by atoms with Crippen LogP contribution in [-0.4, -0.2) is 45.9 Å². The van der Waals surface area contributed by atoms with Gasteiger partial charge in [0.15, 0.2) is 5.82 Å². The lowest BCUT2D eigenvalue weighted by Gasteiger charge is -2.22. The highest BCUT2D eigenvalue weighted by molar-refractivity contribution is 7.71. The molecule has 3 rings (SSSR count). The molecule has 0 radical (unpaired) electrons. The van der Waals surface area contributed by atoms with Crippen molar-refractivity contribution in [2.75, 3.05) is 24.6 Å². The maximum atomic E-state index is 13.6. The molecule has 0 aliphatic heterocycles. The number of aryl methyl sites for hydroxylation is 1. The number of hydrogen-bond acceptors (Lipinski definition) is 5. The van der Waals surface area contributed by atoms with Crippen LogP contribution < -0.4 is 4.90 Å². The van der Waals surface area contributed by atoms with Crippen molar-refractivity contribution in [3.63, 3.8) is 0 Å². The molecule has 1 heterocycles. The average Bonchev–Trinajstić information content (AvgIpc) is 3.05. The Morgan fingerprint density at radius 1 is 1.32 bits per heavy atom. The van der Waals surface area contributed by atoms with Crippen LogP contribution in [0.5, 0.6) is 0 Å². The average molecular weight is 399 g/mol. The van der Waals surface area contributed by atoms with E-state index in [-0.39, 0.29) is 12.4 Å². The Morgan fingerprint density at radius 3 is 2.82 bits per heavy atom. The molecule has 28 heavy (non-hydrogen) atoms. The lowest BCUT2D eigenvalue weighted by molar-refractivity contribution is 0.302. The predicted octanol–water partition coefficient (Wildman–Crippen LogP) is 3.76. The second-order valence-electron chi connectivity index (χ2n) is 6.26. The van der Waals surface area contributed by atoms with Crippen LogP contribution in [0.4, 0.5) is 10.1 Å². The van der Waals surface area contributed by atoms with Gasteiger partial charge in [-0.25, -0.2) is 9.49 Å². The summed E-state index contributed by atoms with van der Waals surface area (Å²) in [4.78, 5) is 2.10. The van der Waals surface area contributed by atoms with Crippen molar-refractivity contribution in [1.82, 2.24) is 14.9 Å². The third-order valence-electron chi connectivity index (χ3n) is 4.42. The minimum absolute atomic E-state index is 0.109. The van der Waals surface area contributed by atoms with Gasteiger partial charge in [0.05, 0.1) is 12.8 Å². The second-order valence-corrected chi connectivity index (χ2v) is 6.65. The van der Waals surface area contributed by atoms with E-state index >= 15 is 0 Å². The zero-order chi connectivity index (χ0) is 20.1. The molecule has 0 fully saturated rings. The first-order valence-corrected chi connectivity index (χ1v) is 9.38. The second kappa shape index (κ2) is 8.90. The maximum absolute atomic E-state index is 13.6.